The molecule has 194 valence electrons. The van der Waals surface area contributed by atoms with Crippen LogP contribution < -0.4 is 4.89 Å². The zero-order valence-electron chi connectivity index (χ0n) is 21.0. The van der Waals surface area contributed by atoms with E-state index in [4.69, 9.17) is 9.05 Å². The van der Waals surface area contributed by atoms with E-state index < -0.39 is 7.82 Å². The summed E-state index contributed by atoms with van der Waals surface area (Å²) < 4.78 is 23.3. The maximum Gasteiger partial charge on any atom is 0.268 e. The number of quaternary nitrogens is 1. The van der Waals surface area contributed by atoms with Gasteiger partial charge in [-0.2, -0.15) is 0 Å². The van der Waals surface area contributed by atoms with Crippen molar-refractivity contribution in [2.75, 3.05) is 33.8 Å². The molecule has 0 spiro atoms. The Kier molecular flexibility index (Phi) is 19.4. The summed E-state index contributed by atoms with van der Waals surface area (Å²) in [4.78, 5) is 12.0. The number of nitrogens with zero attached hydrogens (tertiary/aromatic N) is 1. The maximum absolute atomic E-state index is 12.0. The molecule has 1 rings (SSSR count). The molecule has 1 saturated heterocycles. The van der Waals surface area contributed by atoms with Crippen molar-refractivity contribution < 1.29 is 23.0 Å². The van der Waals surface area contributed by atoms with Crippen LogP contribution in [0, 0.1) is 0 Å². The van der Waals surface area contributed by atoms with Crippen LogP contribution in [-0.4, -0.2) is 44.4 Å². The van der Waals surface area contributed by atoms with Gasteiger partial charge in [0.15, 0.2) is 0 Å². The predicted octanol–water partition coefficient (Wildman–Crippen LogP) is 7.62. The molecule has 0 aromatic heterocycles. The van der Waals surface area contributed by atoms with Crippen molar-refractivity contribution >= 4 is 7.82 Å². The van der Waals surface area contributed by atoms with E-state index in [1.54, 1.807) is 0 Å². The highest BCUT2D eigenvalue weighted by molar-refractivity contribution is 7.45. The van der Waals surface area contributed by atoms with E-state index in [0.717, 1.165) is 43.3 Å². The quantitative estimate of drug-likeness (QED) is 0.103. The topological polar surface area (TPSA) is 58.6 Å². The molecule has 1 atom stereocenters. The average Bonchev–Trinajstić information content (AvgIpc) is 2.72. The van der Waals surface area contributed by atoms with Crippen molar-refractivity contribution in [3.05, 3.63) is 0 Å². The smallest absolute Gasteiger partial charge is 0.268 e. The van der Waals surface area contributed by atoms with Crippen LogP contribution in [0.3, 0.4) is 0 Å². The molecule has 0 saturated carbocycles. The summed E-state index contributed by atoms with van der Waals surface area (Å²) >= 11 is 0. The number of likely N-dealkylation sites (tertiary alicyclic amines) is 1. The van der Waals surface area contributed by atoms with E-state index in [1.165, 1.54) is 89.9 Å². The molecular weight excluding hydrogens is 421 g/mol. The SMILES string of the molecule is C.CCCCCCCCCCCCCCCCCCOP(=O)([O-])OC1CC[N+](C)(C)CC1. The molecular formula is C26H56NO4P. The zero-order chi connectivity index (χ0) is 22.8. The van der Waals surface area contributed by atoms with Gasteiger partial charge in [-0.05, 0) is 6.42 Å². The van der Waals surface area contributed by atoms with E-state index in [9.17, 15) is 9.46 Å². The second-order valence-electron chi connectivity index (χ2n) is 10.3. The van der Waals surface area contributed by atoms with Crippen LogP contribution in [0.15, 0.2) is 0 Å². The van der Waals surface area contributed by atoms with Crippen LogP contribution in [-0.2, 0) is 13.6 Å². The Hall–Kier alpha value is 0.0700. The molecule has 0 aliphatic carbocycles. The number of phosphoric acid groups is 1. The monoisotopic (exact) mass is 477 g/mol. The fourth-order valence-corrected chi connectivity index (χ4v) is 5.38. The van der Waals surface area contributed by atoms with Gasteiger partial charge >= 0.3 is 0 Å². The fourth-order valence-electron chi connectivity index (χ4n) is 4.39. The van der Waals surface area contributed by atoms with Gasteiger partial charge in [0.1, 0.15) is 0 Å². The van der Waals surface area contributed by atoms with Crippen molar-refractivity contribution in [2.45, 2.75) is 136 Å². The first-order chi connectivity index (χ1) is 14.8. The van der Waals surface area contributed by atoms with Gasteiger partial charge in [-0.25, -0.2) is 0 Å². The first kappa shape index (κ1) is 32.1. The summed E-state index contributed by atoms with van der Waals surface area (Å²) in [6, 6.07) is 0. The lowest BCUT2D eigenvalue weighted by molar-refractivity contribution is -0.896. The molecule has 0 N–H and O–H groups in total. The lowest BCUT2D eigenvalue weighted by Crippen LogP contribution is -2.48. The number of unbranched alkanes of at least 4 members (excludes halogenated alkanes) is 15. The van der Waals surface area contributed by atoms with Crippen molar-refractivity contribution in [2.24, 2.45) is 0 Å². The van der Waals surface area contributed by atoms with Gasteiger partial charge in [-0.1, -0.05) is 111 Å². The Balaban J connectivity index is 0.00000961. The van der Waals surface area contributed by atoms with E-state index in [1.807, 2.05) is 0 Å². The molecule has 0 aromatic carbocycles. The Morgan fingerprint density at radius 1 is 0.750 bits per heavy atom. The van der Waals surface area contributed by atoms with Crippen molar-refractivity contribution in [1.82, 2.24) is 0 Å². The highest BCUT2D eigenvalue weighted by Gasteiger charge is 2.29. The normalized spacial score (nSPS) is 18.2. The maximum atomic E-state index is 12.0. The van der Waals surface area contributed by atoms with E-state index in [0.29, 0.717) is 0 Å². The molecule has 0 amide bonds. The minimum Gasteiger partial charge on any atom is -0.756 e. The summed E-state index contributed by atoms with van der Waals surface area (Å²) in [5, 5.41) is 0. The Labute approximate surface area is 200 Å². The van der Waals surface area contributed by atoms with Gasteiger partial charge in [0, 0.05) is 12.8 Å². The van der Waals surface area contributed by atoms with Gasteiger partial charge < -0.3 is 18.4 Å². The second-order valence-corrected chi connectivity index (χ2v) is 11.6. The summed E-state index contributed by atoms with van der Waals surface area (Å²) in [6.07, 6.45) is 22.2. The lowest BCUT2D eigenvalue weighted by atomic mass is 10.0. The van der Waals surface area contributed by atoms with Crippen LogP contribution >= 0.6 is 7.82 Å². The average molecular weight is 478 g/mol. The number of piperidine rings is 1. The molecule has 0 bridgehead atoms. The van der Waals surface area contributed by atoms with Crippen molar-refractivity contribution in [3.8, 4) is 0 Å². The third-order valence-corrected chi connectivity index (χ3v) is 7.69. The minimum absolute atomic E-state index is 0. The van der Waals surface area contributed by atoms with Gasteiger partial charge in [0.2, 0.25) is 0 Å². The third-order valence-electron chi connectivity index (χ3n) is 6.64. The molecule has 6 heteroatoms. The lowest BCUT2D eigenvalue weighted by Gasteiger charge is -2.38. The predicted molar refractivity (Wildman–Crippen MR) is 136 cm³/mol. The first-order valence-corrected chi connectivity index (χ1v) is 14.8. The van der Waals surface area contributed by atoms with Crippen molar-refractivity contribution in [3.63, 3.8) is 0 Å². The molecule has 1 aliphatic rings. The zero-order valence-corrected chi connectivity index (χ0v) is 21.8. The van der Waals surface area contributed by atoms with Gasteiger partial charge in [0.05, 0.1) is 39.9 Å². The number of hydrogen-bond acceptors (Lipinski definition) is 4. The Morgan fingerprint density at radius 3 is 1.53 bits per heavy atom. The van der Waals surface area contributed by atoms with E-state index in [-0.39, 0.29) is 20.1 Å². The highest BCUT2D eigenvalue weighted by Crippen LogP contribution is 2.42. The standard InChI is InChI=1S/C25H52NO4P.CH4/c1-4-5-6-7-8-9-10-11-12-13-14-15-16-17-18-19-24-29-31(27,28)30-25-20-22-26(2,3)23-21-25;/h25H,4-24H2,1-3H3;1H4. The summed E-state index contributed by atoms with van der Waals surface area (Å²) in [7, 11) is 0.185. The molecule has 0 aromatic rings. The molecule has 5 nitrogen and oxygen atoms in total. The van der Waals surface area contributed by atoms with Gasteiger partial charge in [-0.3, -0.25) is 4.57 Å². The van der Waals surface area contributed by atoms with E-state index >= 15 is 0 Å². The molecule has 1 unspecified atom stereocenters. The van der Waals surface area contributed by atoms with Gasteiger partial charge in [0.25, 0.3) is 7.82 Å². The number of hydrogen-bond donors (Lipinski definition) is 0. The molecule has 0 radical (unpaired) electrons. The third kappa shape index (κ3) is 18.5. The first-order valence-electron chi connectivity index (χ1n) is 13.3. The van der Waals surface area contributed by atoms with Crippen LogP contribution in [0.5, 0.6) is 0 Å². The van der Waals surface area contributed by atoms with Gasteiger partial charge in [-0.15, -0.1) is 0 Å². The Bertz CT molecular complexity index is 463. The number of rotatable bonds is 20. The summed E-state index contributed by atoms with van der Waals surface area (Å²) in [5.41, 5.74) is 0. The van der Waals surface area contributed by atoms with Crippen LogP contribution in [0.2, 0.25) is 0 Å². The fraction of sp³-hybridized carbons (Fsp3) is 1.00. The molecule has 1 heterocycles. The molecule has 32 heavy (non-hydrogen) atoms. The number of phosphoric ester groups is 1. The second kappa shape index (κ2) is 19.4. The van der Waals surface area contributed by atoms with Crippen molar-refractivity contribution in [1.29, 1.82) is 0 Å². The van der Waals surface area contributed by atoms with E-state index in [2.05, 4.69) is 21.0 Å². The largest absolute Gasteiger partial charge is 0.756 e. The molecule has 1 fully saturated rings. The molecule has 1 aliphatic heterocycles. The summed E-state index contributed by atoms with van der Waals surface area (Å²) in [6.45, 7) is 4.43. The van der Waals surface area contributed by atoms with Crippen LogP contribution in [0.25, 0.3) is 0 Å². The van der Waals surface area contributed by atoms with Crippen LogP contribution in [0.4, 0.5) is 0 Å². The van der Waals surface area contributed by atoms with Crippen LogP contribution in [0.1, 0.15) is 130 Å². The minimum atomic E-state index is -4.15. The Morgan fingerprint density at radius 2 is 1.12 bits per heavy atom. The summed E-state index contributed by atoms with van der Waals surface area (Å²) in [5.74, 6) is 0. The highest BCUT2D eigenvalue weighted by atomic mass is 31.2.